The maximum Gasteiger partial charge on any atom is 0.173 e. The van der Waals surface area contributed by atoms with Crippen molar-refractivity contribution >= 4 is 40.2 Å². The molecular formula is C17H15ClN2OS. The molecule has 0 saturated heterocycles. The largest absolute Gasteiger partial charge is 0.319 e. The summed E-state index contributed by atoms with van der Waals surface area (Å²) < 4.78 is 2.13. The van der Waals surface area contributed by atoms with Crippen LogP contribution in [0, 0.1) is 0 Å². The molecule has 3 aromatic rings. The van der Waals surface area contributed by atoms with E-state index >= 15 is 0 Å². The quantitative estimate of drug-likeness (QED) is 0.503. The van der Waals surface area contributed by atoms with Gasteiger partial charge >= 0.3 is 0 Å². The summed E-state index contributed by atoms with van der Waals surface area (Å²) in [6, 6.07) is 15.0. The number of fused-ring (bicyclic) bond motifs is 1. The lowest BCUT2D eigenvalue weighted by atomic mass is 10.1. The number of para-hydroxylation sites is 2. The summed E-state index contributed by atoms with van der Waals surface area (Å²) in [5.74, 6) is 0.446. The molecule has 0 fully saturated rings. The Bertz CT molecular complexity index is 811. The van der Waals surface area contributed by atoms with E-state index < -0.39 is 0 Å². The average Bonchev–Trinajstić information content (AvgIpc) is 2.90. The maximum atomic E-state index is 12.2. The van der Waals surface area contributed by atoms with Gasteiger partial charge in [0.25, 0.3) is 0 Å². The highest BCUT2D eigenvalue weighted by atomic mass is 35.5. The Morgan fingerprint density at radius 3 is 2.64 bits per heavy atom. The number of imidazole rings is 1. The smallest absolute Gasteiger partial charge is 0.173 e. The molecule has 0 atom stereocenters. The molecule has 1 aromatic heterocycles. The number of halogens is 1. The van der Waals surface area contributed by atoms with Gasteiger partial charge in [-0.15, -0.1) is 0 Å². The van der Waals surface area contributed by atoms with E-state index in [9.17, 15) is 4.79 Å². The standard InChI is InChI=1S/C17H15ClN2OS/c1-2-20-15-6-4-3-5-14(15)19-17(20)22-11-16(21)12-7-9-13(18)10-8-12/h3-10H,2,11H2,1H3. The van der Waals surface area contributed by atoms with Crippen molar-refractivity contribution in [3.63, 3.8) is 0 Å². The van der Waals surface area contributed by atoms with Crippen molar-refractivity contribution in [3.8, 4) is 0 Å². The second-order valence-corrected chi connectivity index (χ2v) is 6.23. The van der Waals surface area contributed by atoms with Crippen LogP contribution in [0.4, 0.5) is 0 Å². The van der Waals surface area contributed by atoms with Crippen LogP contribution in [0.5, 0.6) is 0 Å². The van der Waals surface area contributed by atoms with Crippen molar-refractivity contribution in [3.05, 3.63) is 59.1 Å². The van der Waals surface area contributed by atoms with E-state index in [0.717, 1.165) is 22.7 Å². The van der Waals surface area contributed by atoms with E-state index in [-0.39, 0.29) is 5.78 Å². The SMILES string of the molecule is CCn1c(SCC(=O)c2ccc(Cl)cc2)nc2ccccc21. The Labute approximate surface area is 138 Å². The van der Waals surface area contributed by atoms with Gasteiger partial charge in [0, 0.05) is 17.1 Å². The Balaban J connectivity index is 1.79. The van der Waals surface area contributed by atoms with Crippen molar-refractivity contribution in [2.24, 2.45) is 0 Å². The normalized spacial score (nSPS) is 11.0. The second-order valence-electron chi connectivity index (χ2n) is 4.85. The molecule has 0 bridgehead atoms. The first-order valence-corrected chi connectivity index (χ1v) is 8.42. The zero-order valence-electron chi connectivity index (χ0n) is 12.1. The number of aromatic nitrogens is 2. The molecule has 0 N–H and O–H groups in total. The number of carbonyl (C=O) groups excluding carboxylic acids is 1. The minimum Gasteiger partial charge on any atom is -0.319 e. The monoisotopic (exact) mass is 330 g/mol. The van der Waals surface area contributed by atoms with Crippen molar-refractivity contribution in [2.75, 3.05) is 5.75 Å². The van der Waals surface area contributed by atoms with E-state index in [2.05, 4.69) is 22.5 Å². The zero-order chi connectivity index (χ0) is 15.5. The van der Waals surface area contributed by atoms with Crippen molar-refractivity contribution in [1.29, 1.82) is 0 Å². The third-order valence-electron chi connectivity index (χ3n) is 3.43. The van der Waals surface area contributed by atoms with Crippen LogP contribution in [0.1, 0.15) is 17.3 Å². The van der Waals surface area contributed by atoms with Crippen LogP contribution in [0.3, 0.4) is 0 Å². The van der Waals surface area contributed by atoms with Gasteiger partial charge in [0.15, 0.2) is 10.9 Å². The van der Waals surface area contributed by atoms with Gasteiger partial charge in [-0.3, -0.25) is 4.79 Å². The van der Waals surface area contributed by atoms with Crippen LogP contribution in [0.2, 0.25) is 5.02 Å². The number of nitrogens with zero attached hydrogens (tertiary/aromatic N) is 2. The van der Waals surface area contributed by atoms with Gasteiger partial charge < -0.3 is 4.57 Å². The van der Waals surface area contributed by atoms with Crippen molar-refractivity contribution in [1.82, 2.24) is 9.55 Å². The maximum absolute atomic E-state index is 12.2. The second kappa shape index (κ2) is 6.55. The minimum atomic E-state index is 0.0800. The van der Waals surface area contributed by atoms with Gasteiger partial charge in [-0.1, -0.05) is 35.5 Å². The molecule has 0 radical (unpaired) electrons. The number of benzene rings is 2. The van der Waals surface area contributed by atoms with Crippen molar-refractivity contribution in [2.45, 2.75) is 18.6 Å². The summed E-state index contributed by atoms with van der Waals surface area (Å²) in [7, 11) is 0. The first-order valence-electron chi connectivity index (χ1n) is 7.06. The van der Waals surface area contributed by atoms with Crippen LogP contribution >= 0.6 is 23.4 Å². The lowest BCUT2D eigenvalue weighted by molar-refractivity contribution is 0.102. The Kier molecular flexibility index (Phi) is 4.50. The van der Waals surface area contributed by atoms with Crippen LogP contribution in [-0.4, -0.2) is 21.1 Å². The molecule has 0 aliphatic rings. The number of aryl methyl sites for hydroxylation is 1. The third kappa shape index (κ3) is 3.03. The van der Waals surface area contributed by atoms with Crippen LogP contribution in [0.25, 0.3) is 11.0 Å². The highest BCUT2D eigenvalue weighted by molar-refractivity contribution is 7.99. The molecule has 0 unspecified atom stereocenters. The highest BCUT2D eigenvalue weighted by Crippen LogP contribution is 2.24. The van der Waals surface area contributed by atoms with E-state index in [1.54, 1.807) is 24.3 Å². The predicted octanol–water partition coefficient (Wildman–Crippen LogP) is 4.68. The molecule has 0 amide bonds. The molecular weight excluding hydrogens is 316 g/mol. The van der Waals surface area contributed by atoms with Crippen LogP contribution < -0.4 is 0 Å². The number of Topliss-reactive ketones (excluding diaryl/α,β-unsaturated/α-hetero) is 1. The number of hydrogen-bond donors (Lipinski definition) is 0. The highest BCUT2D eigenvalue weighted by Gasteiger charge is 2.12. The molecule has 3 rings (SSSR count). The third-order valence-corrected chi connectivity index (χ3v) is 4.66. The van der Waals surface area contributed by atoms with Crippen LogP contribution in [-0.2, 0) is 6.54 Å². The van der Waals surface area contributed by atoms with Gasteiger partial charge in [-0.05, 0) is 43.3 Å². The number of carbonyl (C=O) groups is 1. The number of ketones is 1. The van der Waals surface area contributed by atoms with E-state index in [1.165, 1.54) is 11.8 Å². The molecule has 3 nitrogen and oxygen atoms in total. The summed E-state index contributed by atoms with van der Waals surface area (Å²) in [6.45, 7) is 2.91. The summed E-state index contributed by atoms with van der Waals surface area (Å²) in [5.41, 5.74) is 2.74. The summed E-state index contributed by atoms with van der Waals surface area (Å²) in [6.07, 6.45) is 0. The number of rotatable bonds is 5. The molecule has 22 heavy (non-hydrogen) atoms. The fourth-order valence-electron chi connectivity index (χ4n) is 2.32. The molecule has 0 aliphatic heterocycles. The summed E-state index contributed by atoms with van der Waals surface area (Å²) >= 11 is 7.32. The molecule has 0 spiro atoms. The lowest BCUT2D eigenvalue weighted by Gasteiger charge is -2.05. The van der Waals surface area contributed by atoms with Gasteiger partial charge in [-0.25, -0.2) is 4.98 Å². The summed E-state index contributed by atoms with van der Waals surface area (Å²) in [5, 5.41) is 1.52. The fraction of sp³-hybridized carbons (Fsp3) is 0.176. The van der Waals surface area contributed by atoms with E-state index in [4.69, 9.17) is 11.6 Å². The number of thioether (sulfide) groups is 1. The topological polar surface area (TPSA) is 34.9 Å². The molecule has 2 aromatic carbocycles. The molecule has 5 heteroatoms. The van der Waals surface area contributed by atoms with Crippen molar-refractivity contribution < 1.29 is 4.79 Å². The first-order chi connectivity index (χ1) is 10.7. The number of hydrogen-bond acceptors (Lipinski definition) is 3. The Hall–Kier alpha value is -1.78. The van der Waals surface area contributed by atoms with Gasteiger partial charge in [0.1, 0.15) is 0 Å². The van der Waals surface area contributed by atoms with Gasteiger partial charge in [0.05, 0.1) is 16.8 Å². The zero-order valence-corrected chi connectivity index (χ0v) is 13.7. The summed E-state index contributed by atoms with van der Waals surface area (Å²) in [4.78, 5) is 16.9. The first kappa shape index (κ1) is 15.1. The molecule has 112 valence electrons. The average molecular weight is 331 g/mol. The molecule has 0 aliphatic carbocycles. The lowest BCUT2D eigenvalue weighted by Crippen LogP contribution is -2.04. The minimum absolute atomic E-state index is 0.0800. The Morgan fingerprint density at radius 2 is 1.91 bits per heavy atom. The predicted molar refractivity (Wildman–Crippen MR) is 91.9 cm³/mol. The van der Waals surface area contributed by atoms with Gasteiger partial charge in [0.2, 0.25) is 0 Å². The molecule has 1 heterocycles. The van der Waals surface area contributed by atoms with Gasteiger partial charge in [-0.2, -0.15) is 0 Å². The fourth-order valence-corrected chi connectivity index (χ4v) is 3.42. The molecule has 0 saturated carbocycles. The van der Waals surface area contributed by atoms with E-state index in [0.29, 0.717) is 16.3 Å². The van der Waals surface area contributed by atoms with E-state index in [1.807, 2.05) is 18.2 Å². The van der Waals surface area contributed by atoms with Crippen LogP contribution in [0.15, 0.2) is 53.7 Å². The Morgan fingerprint density at radius 1 is 1.18 bits per heavy atom.